The fraction of sp³-hybridized carbons (Fsp3) is 0.263. The minimum Gasteiger partial charge on any atom is -0.340 e. The van der Waals surface area contributed by atoms with Crippen molar-refractivity contribution in [3.8, 4) is 0 Å². The van der Waals surface area contributed by atoms with Crippen LogP contribution in [0.2, 0.25) is 10.0 Å². The first-order valence-corrected chi connectivity index (χ1v) is 8.66. The summed E-state index contributed by atoms with van der Waals surface area (Å²) in [5, 5.41) is 6.38. The van der Waals surface area contributed by atoms with Gasteiger partial charge in [-0.05, 0) is 43.2 Å². The Bertz CT molecular complexity index is 753. The molecule has 0 fully saturated rings. The fourth-order valence-corrected chi connectivity index (χ4v) is 2.84. The lowest BCUT2D eigenvalue weighted by Gasteiger charge is -2.22. The summed E-state index contributed by atoms with van der Waals surface area (Å²) in [5.41, 5.74) is 2.06. The van der Waals surface area contributed by atoms with Crippen molar-refractivity contribution >= 4 is 40.7 Å². The van der Waals surface area contributed by atoms with Crippen molar-refractivity contribution in [2.75, 3.05) is 5.32 Å². The number of amides is 2. The van der Waals surface area contributed by atoms with Gasteiger partial charge in [0.15, 0.2) is 0 Å². The van der Waals surface area contributed by atoms with E-state index < -0.39 is 6.04 Å². The molecule has 132 valence electrons. The number of nitrogens with one attached hydrogen (secondary N) is 2. The van der Waals surface area contributed by atoms with Gasteiger partial charge in [0.1, 0.15) is 6.04 Å². The molecule has 25 heavy (non-hydrogen) atoms. The Morgan fingerprint density at radius 3 is 2.04 bits per heavy atom. The number of rotatable bonds is 5. The van der Waals surface area contributed by atoms with Crippen molar-refractivity contribution in [1.82, 2.24) is 5.32 Å². The van der Waals surface area contributed by atoms with Gasteiger partial charge in [-0.2, -0.15) is 0 Å². The molecule has 0 saturated heterocycles. The highest BCUT2D eigenvalue weighted by molar-refractivity contribution is 6.35. The number of aryl methyl sites for hydroxylation is 1. The number of halogens is 2. The molecule has 0 aliphatic rings. The molecular weight excluding hydrogens is 359 g/mol. The smallest absolute Gasteiger partial charge is 0.251 e. The van der Waals surface area contributed by atoms with Crippen LogP contribution in [0.5, 0.6) is 0 Å². The molecule has 0 spiro atoms. The van der Waals surface area contributed by atoms with Crippen LogP contribution in [-0.2, 0) is 4.79 Å². The zero-order valence-electron chi connectivity index (χ0n) is 14.3. The second kappa shape index (κ2) is 8.37. The lowest BCUT2D eigenvalue weighted by atomic mass is 10.0. The zero-order chi connectivity index (χ0) is 18.6. The number of carbonyl (C=O) groups excluding carboxylic acids is 2. The SMILES string of the molecule is Cc1ccc(C(=O)N[C@H](C(=O)Nc2cc(Cl)cc(Cl)c2)C(C)C)cc1. The molecule has 2 aromatic carbocycles. The van der Waals surface area contributed by atoms with Crippen molar-refractivity contribution in [2.45, 2.75) is 26.8 Å². The molecule has 2 N–H and O–H groups in total. The average molecular weight is 379 g/mol. The first-order valence-electron chi connectivity index (χ1n) is 7.91. The molecule has 0 radical (unpaired) electrons. The predicted molar refractivity (Wildman–Crippen MR) is 102 cm³/mol. The predicted octanol–water partition coefficient (Wildman–Crippen LogP) is 4.69. The summed E-state index contributed by atoms with van der Waals surface area (Å²) >= 11 is 11.9. The summed E-state index contributed by atoms with van der Waals surface area (Å²) in [6, 6.07) is 11.3. The Labute approximate surface area is 157 Å². The minimum absolute atomic E-state index is 0.0935. The molecule has 0 aliphatic heterocycles. The Morgan fingerprint density at radius 1 is 0.960 bits per heavy atom. The van der Waals surface area contributed by atoms with Crippen LogP contribution >= 0.6 is 23.2 Å². The van der Waals surface area contributed by atoms with Crippen molar-refractivity contribution in [2.24, 2.45) is 5.92 Å². The van der Waals surface area contributed by atoms with E-state index in [0.717, 1.165) is 5.56 Å². The first kappa shape index (κ1) is 19.3. The van der Waals surface area contributed by atoms with Crippen molar-refractivity contribution < 1.29 is 9.59 Å². The van der Waals surface area contributed by atoms with Gasteiger partial charge in [-0.15, -0.1) is 0 Å². The molecule has 0 unspecified atom stereocenters. The van der Waals surface area contributed by atoms with E-state index in [2.05, 4.69) is 10.6 Å². The second-order valence-electron chi connectivity index (χ2n) is 6.21. The van der Waals surface area contributed by atoms with Crippen LogP contribution in [-0.4, -0.2) is 17.9 Å². The van der Waals surface area contributed by atoms with E-state index in [1.807, 2.05) is 32.9 Å². The van der Waals surface area contributed by atoms with Crippen LogP contribution in [0.4, 0.5) is 5.69 Å². The van der Waals surface area contributed by atoms with E-state index >= 15 is 0 Å². The van der Waals surface area contributed by atoms with Gasteiger partial charge < -0.3 is 10.6 Å². The molecule has 1 atom stereocenters. The third kappa shape index (κ3) is 5.48. The summed E-state index contributed by atoms with van der Waals surface area (Å²) < 4.78 is 0. The number of carbonyl (C=O) groups is 2. The summed E-state index contributed by atoms with van der Waals surface area (Å²) in [6.07, 6.45) is 0. The highest BCUT2D eigenvalue weighted by Crippen LogP contribution is 2.23. The van der Waals surface area contributed by atoms with Crippen molar-refractivity contribution in [1.29, 1.82) is 0 Å². The van der Waals surface area contributed by atoms with Crippen molar-refractivity contribution in [3.05, 3.63) is 63.6 Å². The Morgan fingerprint density at radius 2 is 1.52 bits per heavy atom. The van der Waals surface area contributed by atoms with Gasteiger partial charge in [0.05, 0.1) is 0 Å². The highest BCUT2D eigenvalue weighted by atomic mass is 35.5. The van der Waals surface area contributed by atoms with E-state index in [9.17, 15) is 9.59 Å². The number of anilines is 1. The largest absolute Gasteiger partial charge is 0.340 e. The average Bonchev–Trinajstić information content (AvgIpc) is 2.51. The Hall–Kier alpha value is -2.04. The second-order valence-corrected chi connectivity index (χ2v) is 7.08. The van der Waals surface area contributed by atoms with Crippen LogP contribution < -0.4 is 10.6 Å². The number of hydrogen-bond donors (Lipinski definition) is 2. The quantitative estimate of drug-likeness (QED) is 0.792. The molecule has 0 aliphatic carbocycles. The van der Waals surface area contributed by atoms with Gasteiger partial charge >= 0.3 is 0 Å². The third-order valence-corrected chi connectivity index (χ3v) is 4.12. The van der Waals surface area contributed by atoms with E-state index in [0.29, 0.717) is 21.3 Å². The van der Waals surface area contributed by atoms with Crippen LogP contribution in [0, 0.1) is 12.8 Å². The van der Waals surface area contributed by atoms with Crippen LogP contribution in [0.25, 0.3) is 0 Å². The Kier molecular flexibility index (Phi) is 6.45. The molecule has 2 rings (SSSR count). The Balaban J connectivity index is 2.12. The lowest BCUT2D eigenvalue weighted by Crippen LogP contribution is -2.47. The molecule has 0 aromatic heterocycles. The first-order chi connectivity index (χ1) is 11.8. The van der Waals surface area contributed by atoms with Gasteiger partial charge in [0.2, 0.25) is 5.91 Å². The number of benzene rings is 2. The maximum absolute atomic E-state index is 12.6. The van der Waals surface area contributed by atoms with Gasteiger partial charge in [-0.3, -0.25) is 9.59 Å². The summed E-state index contributed by atoms with van der Waals surface area (Å²) in [4.78, 5) is 25.0. The van der Waals surface area contributed by atoms with Gasteiger partial charge in [0, 0.05) is 21.3 Å². The van der Waals surface area contributed by atoms with Crippen LogP contribution in [0.3, 0.4) is 0 Å². The van der Waals surface area contributed by atoms with Crippen LogP contribution in [0.15, 0.2) is 42.5 Å². The van der Waals surface area contributed by atoms with Gasteiger partial charge in [-0.1, -0.05) is 54.7 Å². The molecule has 6 heteroatoms. The minimum atomic E-state index is -0.688. The summed E-state index contributed by atoms with van der Waals surface area (Å²) in [6.45, 7) is 5.68. The molecular formula is C19H20Cl2N2O2. The van der Waals surface area contributed by atoms with E-state index in [1.54, 1.807) is 30.3 Å². The van der Waals surface area contributed by atoms with E-state index in [4.69, 9.17) is 23.2 Å². The summed E-state index contributed by atoms with van der Waals surface area (Å²) in [7, 11) is 0. The summed E-state index contributed by atoms with van der Waals surface area (Å²) in [5.74, 6) is -0.712. The fourth-order valence-electron chi connectivity index (χ4n) is 2.31. The monoisotopic (exact) mass is 378 g/mol. The molecule has 4 nitrogen and oxygen atoms in total. The molecule has 2 amide bonds. The molecule has 2 aromatic rings. The third-order valence-electron chi connectivity index (χ3n) is 3.68. The molecule has 0 saturated carbocycles. The normalized spacial score (nSPS) is 11.9. The maximum atomic E-state index is 12.6. The van der Waals surface area contributed by atoms with Crippen LogP contribution in [0.1, 0.15) is 29.8 Å². The zero-order valence-corrected chi connectivity index (χ0v) is 15.8. The maximum Gasteiger partial charge on any atom is 0.251 e. The molecule has 0 heterocycles. The lowest BCUT2D eigenvalue weighted by molar-refractivity contribution is -0.118. The van der Waals surface area contributed by atoms with Crippen molar-refractivity contribution in [3.63, 3.8) is 0 Å². The number of hydrogen-bond acceptors (Lipinski definition) is 2. The van der Waals surface area contributed by atoms with Gasteiger partial charge in [0.25, 0.3) is 5.91 Å². The standard InChI is InChI=1S/C19H20Cl2N2O2/c1-11(2)17(23-18(24)13-6-4-12(3)5-7-13)19(25)22-16-9-14(20)8-15(21)10-16/h4-11,17H,1-3H3,(H,22,25)(H,23,24)/t17-/m0/s1. The van der Waals surface area contributed by atoms with Gasteiger partial charge in [-0.25, -0.2) is 0 Å². The van der Waals surface area contributed by atoms with E-state index in [-0.39, 0.29) is 17.7 Å². The topological polar surface area (TPSA) is 58.2 Å². The molecule has 0 bridgehead atoms. The van der Waals surface area contributed by atoms with E-state index in [1.165, 1.54) is 0 Å². The highest BCUT2D eigenvalue weighted by Gasteiger charge is 2.25.